The highest BCUT2D eigenvalue weighted by molar-refractivity contribution is 7.22. The highest BCUT2D eigenvalue weighted by atomic mass is 32.1. The molecular weight excluding hydrogens is 491 g/mol. The number of Topliss-reactive ketones (excluding diaryl/α,β-unsaturated/α-hetero) is 1. The lowest BCUT2D eigenvalue weighted by Gasteiger charge is -2.23. The van der Waals surface area contributed by atoms with Gasteiger partial charge < -0.3 is 9.84 Å². The zero-order chi connectivity index (χ0) is 26.1. The van der Waals surface area contributed by atoms with Gasteiger partial charge in [-0.05, 0) is 72.5 Å². The van der Waals surface area contributed by atoms with Crippen LogP contribution in [-0.2, 0) is 16.0 Å². The molecule has 37 heavy (non-hydrogen) atoms. The summed E-state index contributed by atoms with van der Waals surface area (Å²) in [6.07, 6.45) is 1.72. The van der Waals surface area contributed by atoms with Gasteiger partial charge in [-0.15, -0.1) is 0 Å². The number of benzene rings is 3. The largest absolute Gasteiger partial charge is 0.507 e. The normalized spacial score (nSPS) is 17.1. The first-order chi connectivity index (χ1) is 17.9. The van der Waals surface area contributed by atoms with E-state index in [9.17, 15) is 19.1 Å². The predicted octanol–water partition coefficient (Wildman–Crippen LogP) is 6.41. The number of hydrogen-bond donors (Lipinski definition) is 1. The number of nitrogens with zero attached hydrogens (tertiary/aromatic N) is 2. The summed E-state index contributed by atoms with van der Waals surface area (Å²) >= 11 is 1.32. The number of amides is 1. The number of ketones is 1. The van der Waals surface area contributed by atoms with Crippen LogP contribution >= 0.6 is 11.3 Å². The fourth-order valence-electron chi connectivity index (χ4n) is 4.35. The maximum Gasteiger partial charge on any atom is 0.301 e. The molecule has 2 heterocycles. The highest BCUT2D eigenvalue weighted by Gasteiger charge is 2.48. The Kier molecular flexibility index (Phi) is 6.76. The van der Waals surface area contributed by atoms with Crippen molar-refractivity contribution in [1.29, 1.82) is 0 Å². The van der Waals surface area contributed by atoms with Gasteiger partial charge in [-0.2, -0.15) is 0 Å². The lowest BCUT2D eigenvalue weighted by Crippen LogP contribution is -2.29. The quantitative estimate of drug-likeness (QED) is 0.174. The number of ether oxygens (including phenoxy) is 1. The lowest BCUT2D eigenvalue weighted by atomic mass is 9.95. The summed E-state index contributed by atoms with van der Waals surface area (Å²) in [4.78, 5) is 32.8. The summed E-state index contributed by atoms with van der Waals surface area (Å²) in [5, 5.41) is 11.6. The van der Waals surface area contributed by atoms with Crippen molar-refractivity contribution in [2.24, 2.45) is 0 Å². The Balaban J connectivity index is 1.66. The lowest BCUT2D eigenvalue weighted by molar-refractivity contribution is -0.132. The van der Waals surface area contributed by atoms with E-state index in [2.05, 4.69) is 11.9 Å². The van der Waals surface area contributed by atoms with Crippen molar-refractivity contribution in [2.75, 3.05) is 11.5 Å². The minimum Gasteiger partial charge on any atom is -0.507 e. The molecule has 1 saturated heterocycles. The van der Waals surface area contributed by atoms with Crippen molar-refractivity contribution in [3.8, 4) is 5.75 Å². The van der Waals surface area contributed by atoms with Crippen molar-refractivity contribution in [2.45, 2.75) is 32.7 Å². The van der Waals surface area contributed by atoms with Crippen LogP contribution < -0.4 is 9.64 Å². The fraction of sp³-hybridized carbons (Fsp3) is 0.207. The second-order valence-electron chi connectivity index (χ2n) is 8.75. The average molecular weight is 517 g/mol. The van der Waals surface area contributed by atoms with Crippen molar-refractivity contribution < 1.29 is 23.8 Å². The number of aryl methyl sites for hydroxylation is 1. The Morgan fingerprint density at radius 1 is 1.05 bits per heavy atom. The molecule has 1 N–H and O–H groups in total. The van der Waals surface area contributed by atoms with E-state index in [1.54, 1.807) is 24.3 Å². The molecule has 1 aromatic heterocycles. The summed E-state index contributed by atoms with van der Waals surface area (Å²) in [6.45, 7) is 4.64. The van der Waals surface area contributed by atoms with Crippen LogP contribution in [0.15, 0.2) is 72.3 Å². The van der Waals surface area contributed by atoms with E-state index in [0.717, 1.165) is 28.6 Å². The van der Waals surface area contributed by atoms with Crippen molar-refractivity contribution in [1.82, 2.24) is 4.98 Å². The summed E-state index contributed by atoms with van der Waals surface area (Å²) < 4.78 is 20.1. The molecule has 1 atom stereocenters. The first kappa shape index (κ1) is 24.6. The minimum absolute atomic E-state index is 0.0765. The molecule has 1 amide bonds. The van der Waals surface area contributed by atoms with Gasteiger partial charge in [0.2, 0.25) is 0 Å². The molecule has 0 radical (unpaired) electrons. The monoisotopic (exact) mass is 516 g/mol. The summed E-state index contributed by atoms with van der Waals surface area (Å²) in [6, 6.07) is 17.2. The number of rotatable bonds is 7. The first-order valence-electron chi connectivity index (χ1n) is 12.1. The van der Waals surface area contributed by atoms with Gasteiger partial charge in [-0.25, -0.2) is 9.37 Å². The molecular formula is C29H25FN2O4S. The topological polar surface area (TPSA) is 79.7 Å². The van der Waals surface area contributed by atoms with Crippen LogP contribution in [0.4, 0.5) is 9.52 Å². The number of thiazole rings is 1. The van der Waals surface area contributed by atoms with Crippen LogP contribution in [-0.4, -0.2) is 28.4 Å². The molecule has 0 spiro atoms. The van der Waals surface area contributed by atoms with Crippen LogP contribution in [0.5, 0.6) is 5.75 Å². The summed E-state index contributed by atoms with van der Waals surface area (Å²) in [5.41, 5.74) is 2.64. The smallest absolute Gasteiger partial charge is 0.301 e. The number of aliphatic hydroxyl groups excluding tert-OH is 1. The van der Waals surface area contributed by atoms with Gasteiger partial charge >= 0.3 is 5.91 Å². The fourth-order valence-corrected chi connectivity index (χ4v) is 5.41. The van der Waals surface area contributed by atoms with Gasteiger partial charge in [-0.1, -0.05) is 43.4 Å². The zero-order valence-corrected chi connectivity index (χ0v) is 21.2. The van der Waals surface area contributed by atoms with E-state index in [0.29, 0.717) is 23.1 Å². The van der Waals surface area contributed by atoms with Crippen LogP contribution in [0.1, 0.15) is 43.0 Å². The molecule has 0 bridgehead atoms. The van der Waals surface area contributed by atoms with Gasteiger partial charge in [0.25, 0.3) is 5.78 Å². The minimum atomic E-state index is -0.920. The molecule has 0 saturated carbocycles. The number of halogens is 1. The number of hydrogen-bond acceptors (Lipinski definition) is 6. The van der Waals surface area contributed by atoms with Crippen LogP contribution in [0, 0.1) is 5.82 Å². The van der Waals surface area contributed by atoms with E-state index < -0.39 is 23.5 Å². The summed E-state index contributed by atoms with van der Waals surface area (Å²) in [5.74, 6) is -1.79. The highest BCUT2D eigenvalue weighted by Crippen LogP contribution is 2.44. The van der Waals surface area contributed by atoms with E-state index in [-0.39, 0.29) is 16.9 Å². The molecule has 6 nitrogen and oxygen atoms in total. The third-order valence-electron chi connectivity index (χ3n) is 6.29. The number of carbonyl (C=O) groups excluding carboxylic acids is 2. The van der Waals surface area contributed by atoms with E-state index in [4.69, 9.17) is 4.74 Å². The second kappa shape index (κ2) is 10.1. The van der Waals surface area contributed by atoms with Gasteiger partial charge in [0.15, 0.2) is 5.13 Å². The van der Waals surface area contributed by atoms with Crippen LogP contribution in [0.25, 0.3) is 16.0 Å². The molecule has 3 aromatic carbocycles. The number of anilines is 1. The second-order valence-corrected chi connectivity index (χ2v) is 9.75. The number of aliphatic hydroxyl groups is 1. The maximum atomic E-state index is 13.5. The third-order valence-corrected chi connectivity index (χ3v) is 7.30. The van der Waals surface area contributed by atoms with Crippen molar-refractivity contribution in [3.63, 3.8) is 0 Å². The third kappa shape index (κ3) is 4.60. The molecule has 188 valence electrons. The molecule has 5 rings (SSSR count). The Hall–Kier alpha value is -4.04. The zero-order valence-electron chi connectivity index (χ0n) is 20.4. The SMILES string of the molecule is CCCOc1ccc([C@H]2C(=C(O)c3ccc(F)cc3)C(=O)C(=O)N2c2nc3ccc(CC)cc3s2)cc1. The van der Waals surface area contributed by atoms with E-state index in [1.165, 1.54) is 40.5 Å². The molecule has 0 aliphatic carbocycles. The Bertz CT molecular complexity index is 1510. The first-order valence-corrected chi connectivity index (χ1v) is 12.9. The standard InChI is InChI=1S/C29H25FN2O4S/c1-3-15-36-21-12-8-18(9-13-21)25-24(26(33)19-6-10-20(30)11-7-19)27(34)28(35)32(25)29-31-22-14-5-17(4-2)16-23(22)37-29/h5-14,16,25,33H,3-4,15H2,1-2H3/t25-/m0/s1. The molecule has 1 aliphatic rings. The van der Waals surface area contributed by atoms with Crippen molar-refractivity contribution >= 4 is 44.1 Å². The van der Waals surface area contributed by atoms with Crippen LogP contribution in [0.3, 0.4) is 0 Å². The van der Waals surface area contributed by atoms with E-state index >= 15 is 0 Å². The Morgan fingerprint density at radius 2 is 1.78 bits per heavy atom. The van der Waals surface area contributed by atoms with Crippen molar-refractivity contribution in [3.05, 3.63) is 94.8 Å². The van der Waals surface area contributed by atoms with Gasteiger partial charge in [0.05, 0.1) is 28.4 Å². The average Bonchev–Trinajstić information content (AvgIpc) is 3.45. The van der Waals surface area contributed by atoms with Gasteiger partial charge in [0.1, 0.15) is 17.3 Å². The molecule has 1 aliphatic heterocycles. The predicted molar refractivity (Wildman–Crippen MR) is 142 cm³/mol. The van der Waals surface area contributed by atoms with Crippen LogP contribution in [0.2, 0.25) is 0 Å². The molecule has 8 heteroatoms. The van der Waals surface area contributed by atoms with Gasteiger partial charge in [-0.3, -0.25) is 14.5 Å². The summed E-state index contributed by atoms with van der Waals surface area (Å²) in [7, 11) is 0. The molecule has 1 fully saturated rings. The van der Waals surface area contributed by atoms with E-state index in [1.807, 2.05) is 25.1 Å². The number of aromatic nitrogens is 1. The number of fused-ring (bicyclic) bond motifs is 1. The Morgan fingerprint density at radius 3 is 2.46 bits per heavy atom. The Labute approximate surface area is 217 Å². The molecule has 4 aromatic rings. The van der Waals surface area contributed by atoms with Gasteiger partial charge in [0, 0.05) is 5.56 Å². The maximum absolute atomic E-state index is 13.5. The molecule has 0 unspecified atom stereocenters. The number of carbonyl (C=O) groups is 2.